The first kappa shape index (κ1) is 15.0. The van der Waals surface area contributed by atoms with Gasteiger partial charge in [-0.2, -0.15) is 0 Å². The molecule has 1 rings (SSSR count). The van der Waals surface area contributed by atoms with Crippen molar-refractivity contribution in [2.75, 3.05) is 20.7 Å². The van der Waals surface area contributed by atoms with Gasteiger partial charge in [-0.3, -0.25) is 4.90 Å². The average Bonchev–Trinajstić information content (AvgIpc) is 2.40. The van der Waals surface area contributed by atoms with Gasteiger partial charge in [-0.05, 0) is 45.0 Å². The van der Waals surface area contributed by atoms with Crippen LogP contribution in [0.15, 0.2) is 24.3 Å². The molecule has 0 heterocycles. The molecule has 0 aliphatic rings. The average molecular weight is 250 g/mol. The van der Waals surface area contributed by atoms with E-state index in [1.165, 1.54) is 5.56 Å². The lowest BCUT2D eigenvalue weighted by atomic mass is 9.95. The van der Waals surface area contributed by atoms with Gasteiger partial charge in [-0.15, -0.1) is 0 Å². The smallest absolute Gasteiger partial charge is 0.118 e. The topological polar surface area (TPSA) is 38.5 Å². The van der Waals surface area contributed by atoms with Crippen molar-refractivity contribution in [3.8, 4) is 5.75 Å². The van der Waals surface area contributed by atoms with Crippen LogP contribution in [0, 0.1) is 0 Å². The van der Waals surface area contributed by atoms with Gasteiger partial charge in [0.2, 0.25) is 0 Å². The first-order valence-corrected chi connectivity index (χ1v) is 6.53. The summed E-state index contributed by atoms with van der Waals surface area (Å²) in [6.45, 7) is 7.32. The second-order valence-electron chi connectivity index (χ2n) is 5.30. The van der Waals surface area contributed by atoms with Crippen molar-refractivity contribution in [1.82, 2.24) is 4.90 Å². The number of nitrogens with two attached hydrogens (primary N) is 1. The van der Waals surface area contributed by atoms with Gasteiger partial charge < -0.3 is 10.5 Å². The highest BCUT2D eigenvalue weighted by molar-refractivity contribution is 5.29. The highest BCUT2D eigenvalue weighted by Crippen LogP contribution is 2.28. The Morgan fingerprint density at radius 2 is 1.83 bits per heavy atom. The molecule has 1 aromatic rings. The SMILES string of the molecule is CCC(C)(C)N(C)C(CN)c1ccc(OC)cc1. The highest BCUT2D eigenvalue weighted by Gasteiger charge is 2.27. The van der Waals surface area contributed by atoms with Crippen molar-refractivity contribution in [3.63, 3.8) is 0 Å². The maximum Gasteiger partial charge on any atom is 0.118 e. The minimum absolute atomic E-state index is 0.143. The molecule has 0 saturated carbocycles. The van der Waals surface area contributed by atoms with Gasteiger partial charge in [0.25, 0.3) is 0 Å². The number of hydrogen-bond acceptors (Lipinski definition) is 3. The Morgan fingerprint density at radius 1 is 1.28 bits per heavy atom. The molecular weight excluding hydrogens is 224 g/mol. The zero-order chi connectivity index (χ0) is 13.8. The minimum Gasteiger partial charge on any atom is -0.497 e. The molecule has 0 amide bonds. The summed E-state index contributed by atoms with van der Waals surface area (Å²) in [4.78, 5) is 2.36. The monoisotopic (exact) mass is 250 g/mol. The molecule has 102 valence electrons. The lowest BCUT2D eigenvalue weighted by molar-refractivity contribution is 0.100. The van der Waals surface area contributed by atoms with E-state index in [1.807, 2.05) is 12.1 Å². The van der Waals surface area contributed by atoms with Crippen LogP contribution in [0.2, 0.25) is 0 Å². The van der Waals surface area contributed by atoms with Gasteiger partial charge in [0.05, 0.1) is 7.11 Å². The van der Waals surface area contributed by atoms with Crippen molar-refractivity contribution in [2.24, 2.45) is 5.73 Å². The maximum absolute atomic E-state index is 5.95. The zero-order valence-corrected chi connectivity index (χ0v) is 12.2. The van der Waals surface area contributed by atoms with Crippen molar-refractivity contribution in [2.45, 2.75) is 38.8 Å². The summed E-state index contributed by atoms with van der Waals surface area (Å²) in [6, 6.07) is 8.41. The number of hydrogen-bond donors (Lipinski definition) is 1. The van der Waals surface area contributed by atoms with Crippen LogP contribution in [-0.4, -0.2) is 31.1 Å². The van der Waals surface area contributed by atoms with Crippen LogP contribution in [0.5, 0.6) is 5.75 Å². The van der Waals surface area contributed by atoms with E-state index in [2.05, 4.69) is 44.9 Å². The Morgan fingerprint density at radius 3 is 2.22 bits per heavy atom. The fraction of sp³-hybridized carbons (Fsp3) is 0.600. The number of nitrogens with zero attached hydrogens (tertiary/aromatic N) is 1. The third kappa shape index (κ3) is 3.24. The summed E-state index contributed by atoms with van der Waals surface area (Å²) in [5.74, 6) is 0.881. The molecule has 3 nitrogen and oxygen atoms in total. The number of benzene rings is 1. The van der Waals surface area contributed by atoms with Gasteiger partial charge in [0.15, 0.2) is 0 Å². The third-order valence-electron chi connectivity index (χ3n) is 4.01. The minimum atomic E-state index is 0.143. The van der Waals surface area contributed by atoms with Crippen LogP contribution in [0.1, 0.15) is 38.8 Å². The summed E-state index contributed by atoms with van der Waals surface area (Å²) in [5, 5.41) is 0. The Hall–Kier alpha value is -1.06. The Balaban J connectivity index is 2.94. The summed E-state index contributed by atoms with van der Waals surface area (Å²) >= 11 is 0. The molecule has 0 aliphatic carbocycles. The molecule has 0 fully saturated rings. The molecule has 3 heteroatoms. The van der Waals surface area contributed by atoms with Crippen LogP contribution >= 0.6 is 0 Å². The van der Waals surface area contributed by atoms with E-state index >= 15 is 0 Å². The lowest BCUT2D eigenvalue weighted by Crippen LogP contribution is -2.45. The lowest BCUT2D eigenvalue weighted by Gasteiger charge is -2.40. The Kier molecular flexibility index (Phi) is 5.17. The number of methoxy groups -OCH3 is 1. The van der Waals surface area contributed by atoms with Crippen LogP contribution in [0.4, 0.5) is 0 Å². The molecule has 18 heavy (non-hydrogen) atoms. The molecule has 0 saturated heterocycles. The predicted molar refractivity (Wildman–Crippen MR) is 76.9 cm³/mol. The van der Waals surface area contributed by atoms with E-state index in [1.54, 1.807) is 7.11 Å². The maximum atomic E-state index is 5.95. The molecule has 2 N–H and O–H groups in total. The summed E-state index contributed by atoms with van der Waals surface area (Å²) in [5.41, 5.74) is 7.34. The fourth-order valence-electron chi connectivity index (χ4n) is 2.02. The van der Waals surface area contributed by atoms with E-state index in [4.69, 9.17) is 10.5 Å². The second-order valence-corrected chi connectivity index (χ2v) is 5.30. The van der Waals surface area contributed by atoms with Gasteiger partial charge in [-0.25, -0.2) is 0 Å². The largest absolute Gasteiger partial charge is 0.497 e. The first-order valence-electron chi connectivity index (χ1n) is 6.53. The van der Waals surface area contributed by atoms with Gasteiger partial charge in [-0.1, -0.05) is 19.1 Å². The van der Waals surface area contributed by atoms with Crippen molar-refractivity contribution < 1.29 is 4.74 Å². The molecule has 0 radical (unpaired) electrons. The first-order chi connectivity index (χ1) is 8.46. The number of ether oxygens (including phenoxy) is 1. The van der Waals surface area contributed by atoms with E-state index in [0.717, 1.165) is 12.2 Å². The highest BCUT2D eigenvalue weighted by atomic mass is 16.5. The quantitative estimate of drug-likeness (QED) is 0.843. The van der Waals surface area contributed by atoms with Crippen LogP contribution in [0.3, 0.4) is 0 Å². The van der Waals surface area contributed by atoms with E-state index in [-0.39, 0.29) is 11.6 Å². The Labute approximate surface area is 111 Å². The van der Waals surface area contributed by atoms with Crippen LogP contribution in [0.25, 0.3) is 0 Å². The molecule has 0 bridgehead atoms. The number of rotatable bonds is 6. The number of likely N-dealkylation sites (N-methyl/N-ethyl adjacent to an activating group) is 1. The zero-order valence-electron chi connectivity index (χ0n) is 12.2. The molecule has 1 atom stereocenters. The molecule has 0 aliphatic heterocycles. The normalized spacial score (nSPS) is 13.7. The molecule has 1 unspecified atom stereocenters. The molecule has 0 spiro atoms. The van der Waals surface area contributed by atoms with E-state index in [9.17, 15) is 0 Å². The Bertz CT molecular complexity index is 359. The molecule has 0 aromatic heterocycles. The van der Waals surface area contributed by atoms with Gasteiger partial charge in [0.1, 0.15) is 5.75 Å². The van der Waals surface area contributed by atoms with Crippen molar-refractivity contribution >= 4 is 0 Å². The fourth-order valence-corrected chi connectivity index (χ4v) is 2.02. The predicted octanol–water partition coefficient (Wildman–Crippen LogP) is 2.82. The molecular formula is C15H26N2O. The van der Waals surface area contributed by atoms with E-state index in [0.29, 0.717) is 6.54 Å². The second kappa shape index (κ2) is 6.21. The van der Waals surface area contributed by atoms with Crippen LogP contribution < -0.4 is 10.5 Å². The van der Waals surface area contributed by atoms with Crippen LogP contribution in [-0.2, 0) is 0 Å². The van der Waals surface area contributed by atoms with Gasteiger partial charge in [0, 0.05) is 18.1 Å². The third-order valence-corrected chi connectivity index (χ3v) is 4.01. The summed E-state index contributed by atoms with van der Waals surface area (Å²) in [6.07, 6.45) is 1.09. The summed E-state index contributed by atoms with van der Waals surface area (Å²) in [7, 11) is 3.83. The van der Waals surface area contributed by atoms with Crippen molar-refractivity contribution in [3.05, 3.63) is 29.8 Å². The van der Waals surface area contributed by atoms with Gasteiger partial charge >= 0.3 is 0 Å². The molecule has 1 aromatic carbocycles. The standard InChI is InChI=1S/C15H26N2O/c1-6-15(2,3)17(4)14(11-16)12-7-9-13(18-5)10-8-12/h7-10,14H,6,11,16H2,1-5H3. The van der Waals surface area contributed by atoms with E-state index < -0.39 is 0 Å². The summed E-state index contributed by atoms with van der Waals surface area (Å²) < 4.78 is 5.19. The van der Waals surface area contributed by atoms with Crippen molar-refractivity contribution in [1.29, 1.82) is 0 Å².